The van der Waals surface area contributed by atoms with Crippen LogP contribution < -0.4 is 27.5 Å². The molecular weight excluding hydrogens is 931 g/mol. The van der Waals surface area contributed by atoms with E-state index in [4.69, 9.17) is 44.7 Å². The highest BCUT2D eigenvalue weighted by molar-refractivity contribution is 5.79. The highest BCUT2D eigenvalue weighted by Crippen LogP contribution is 2.20. The number of unbranched alkanes of at least 4 members (excludes halogenated alkanes) is 3. The summed E-state index contributed by atoms with van der Waals surface area (Å²) in [6.07, 6.45) is 6.34. The Kier molecular flexibility index (Phi) is 34.0. The number of hydrogen-bond acceptors (Lipinski definition) is 19. The van der Waals surface area contributed by atoms with E-state index in [0.717, 1.165) is 25.0 Å². The molecule has 0 saturated carbocycles. The van der Waals surface area contributed by atoms with Gasteiger partial charge in [0.2, 0.25) is 17.7 Å². The number of hydrazine groups is 1. The van der Waals surface area contributed by atoms with Gasteiger partial charge in [-0.15, -0.1) is 5.10 Å². The molecule has 2 rings (SSSR count). The van der Waals surface area contributed by atoms with Crippen molar-refractivity contribution in [2.24, 2.45) is 11.6 Å². The molecule has 3 amide bonds. The second-order valence-electron chi connectivity index (χ2n) is 16.6. The standard InChI is InChI=1S/C47H81N9O15/c1-3-17-50-43(59)15-21-66-25-27-68-29-30-69-28-26-67-22-19-55(49)34-42(48)38-10-8-37(9-11-38)31-44(60)51-32-41(58)13-12-39(52-45(61)35-57)14-16-47(64,46(62)63)71-20-7-5-4-6-18-56-33-40(53-54-56)36-70-24-23-65-2/h8-11,33-34,39,41,57-58,64H,3-7,12-32,35-36,48-49H2,1-2H3,(H,50,59)(H,51,60)(H,52,61)(H,62,63)/b42-34-/t39?,41?,47-/m0/s1. The molecule has 11 N–H and O–H groups in total. The lowest BCUT2D eigenvalue weighted by molar-refractivity contribution is -0.227. The van der Waals surface area contributed by atoms with Gasteiger partial charge in [0, 0.05) is 51.8 Å². The third-order valence-corrected chi connectivity index (χ3v) is 10.6. The van der Waals surface area contributed by atoms with Crippen LogP contribution in [0.3, 0.4) is 0 Å². The molecule has 0 spiro atoms. The van der Waals surface area contributed by atoms with Crippen LogP contribution >= 0.6 is 0 Å². The average Bonchev–Trinajstić information content (AvgIpc) is 3.81. The van der Waals surface area contributed by atoms with Gasteiger partial charge in [-0.3, -0.25) is 19.1 Å². The predicted molar refractivity (Wildman–Crippen MR) is 259 cm³/mol. The molecule has 24 nitrogen and oxygen atoms in total. The van der Waals surface area contributed by atoms with Crippen molar-refractivity contribution in [2.45, 2.75) is 109 Å². The van der Waals surface area contributed by atoms with E-state index in [1.165, 1.54) is 5.01 Å². The normalized spacial score (nSPS) is 13.4. The van der Waals surface area contributed by atoms with Crippen molar-refractivity contribution in [3.8, 4) is 0 Å². The molecule has 71 heavy (non-hydrogen) atoms. The van der Waals surface area contributed by atoms with Crippen molar-refractivity contribution < 1.29 is 72.8 Å². The zero-order valence-corrected chi connectivity index (χ0v) is 41.6. The summed E-state index contributed by atoms with van der Waals surface area (Å²) in [5, 5.41) is 58.3. The van der Waals surface area contributed by atoms with Crippen LogP contribution in [0.5, 0.6) is 0 Å². The van der Waals surface area contributed by atoms with Crippen LogP contribution in [0.1, 0.15) is 88.0 Å². The van der Waals surface area contributed by atoms with Crippen LogP contribution in [0.2, 0.25) is 0 Å². The largest absolute Gasteiger partial charge is 0.477 e. The monoisotopic (exact) mass is 1010 g/mol. The molecule has 0 aliphatic carbocycles. The number of carboxylic acids is 1. The number of methoxy groups -OCH3 is 1. The Morgan fingerprint density at radius 2 is 1.49 bits per heavy atom. The maximum Gasteiger partial charge on any atom is 0.364 e. The topological polar surface area (TPSA) is 336 Å². The number of amides is 3. The number of hydrogen-bond donors (Lipinski definition) is 9. The highest BCUT2D eigenvalue weighted by atomic mass is 16.6. The maximum absolute atomic E-state index is 12.7. The number of aliphatic carboxylic acids is 1. The zero-order chi connectivity index (χ0) is 52.0. The summed E-state index contributed by atoms with van der Waals surface area (Å²) in [6.45, 7) is 7.19. The Hall–Kier alpha value is -4.86. The number of nitrogens with two attached hydrogens (primary N) is 2. The molecule has 1 heterocycles. The van der Waals surface area contributed by atoms with E-state index in [2.05, 4.69) is 26.3 Å². The van der Waals surface area contributed by atoms with Crippen LogP contribution in [0.4, 0.5) is 0 Å². The lowest BCUT2D eigenvalue weighted by Gasteiger charge is -2.27. The summed E-state index contributed by atoms with van der Waals surface area (Å²) in [7, 11) is 1.60. The maximum atomic E-state index is 12.7. The fraction of sp³-hybridized carbons (Fsp3) is 0.702. The number of aryl methyl sites for hydroxylation is 1. The molecule has 0 radical (unpaired) electrons. The molecule has 0 aliphatic heterocycles. The number of carbonyl (C=O) groups excluding carboxylic acids is 3. The number of aromatic nitrogens is 3. The van der Waals surface area contributed by atoms with E-state index in [0.29, 0.717) is 128 Å². The van der Waals surface area contributed by atoms with Gasteiger partial charge in [0.25, 0.3) is 5.79 Å². The second kappa shape index (κ2) is 38.8. The number of carboxylic acid groups (broad SMARTS) is 1. The van der Waals surface area contributed by atoms with Gasteiger partial charge < -0.3 is 80.3 Å². The summed E-state index contributed by atoms with van der Waals surface area (Å²) in [5.41, 5.74) is 8.77. The molecule has 3 atom stereocenters. The van der Waals surface area contributed by atoms with Gasteiger partial charge >= 0.3 is 5.97 Å². The molecule has 1 aromatic carbocycles. The van der Waals surface area contributed by atoms with Crippen molar-refractivity contribution in [1.82, 2.24) is 36.0 Å². The summed E-state index contributed by atoms with van der Waals surface area (Å²) in [4.78, 5) is 48.4. The molecule has 2 unspecified atom stereocenters. The number of rotatable bonds is 45. The summed E-state index contributed by atoms with van der Waals surface area (Å²) in [5.74, 6) is 0.927. The smallest absolute Gasteiger partial charge is 0.364 e. The van der Waals surface area contributed by atoms with Gasteiger partial charge in [0.05, 0.1) is 110 Å². The van der Waals surface area contributed by atoms with Gasteiger partial charge in [-0.2, -0.15) is 0 Å². The molecule has 24 heteroatoms. The zero-order valence-electron chi connectivity index (χ0n) is 41.6. The van der Waals surface area contributed by atoms with Gasteiger partial charge in [-0.1, -0.05) is 49.2 Å². The van der Waals surface area contributed by atoms with Crippen LogP contribution in [-0.4, -0.2) is 188 Å². The van der Waals surface area contributed by atoms with Crippen LogP contribution in [0, 0.1) is 0 Å². The third kappa shape index (κ3) is 30.6. The molecule has 0 saturated heterocycles. The first-order valence-electron chi connectivity index (χ1n) is 24.3. The Balaban J connectivity index is 1.63. The van der Waals surface area contributed by atoms with Crippen molar-refractivity contribution in [2.75, 3.05) is 106 Å². The Bertz CT molecular complexity index is 1780. The summed E-state index contributed by atoms with van der Waals surface area (Å²) >= 11 is 0. The Morgan fingerprint density at radius 3 is 2.15 bits per heavy atom. The average molecular weight is 1010 g/mol. The third-order valence-electron chi connectivity index (χ3n) is 10.6. The van der Waals surface area contributed by atoms with E-state index in [-0.39, 0.29) is 57.1 Å². The SMILES string of the molecule is CCCNC(=O)CCOCCOCCOCCOCCN(N)/C=C(\N)c1ccc(CC(=O)NCC(O)CCC(CC[C@](O)(OCCCCCCn2cc(COCCOC)nn2)C(=O)O)NC(=O)CO)cc1. The van der Waals surface area contributed by atoms with Crippen molar-refractivity contribution in [3.63, 3.8) is 0 Å². The number of aliphatic hydroxyl groups excluding tert-OH is 2. The lowest BCUT2D eigenvalue weighted by Crippen LogP contribution is -2.45. The Labute approximate surface area is 417 Å². The minimum Gasteiger partial charge on any atom is -0.477 e. The number of benzene rings is 1. The highest BCUT2D eigenvalue weighted by Gasteiger charge is 2.38. The first-order valence-corrected chi connectivity index (χ1v) is 24.3. The molecule has 0 bridgehead atoms. The van der Waals surface area contributed by atoms with E-state index >= 15 is 0 Å². The summed E-state index contributed by atoms with van der Waals surface area (Å²) in [6, 6.07) is 6.31. The fourth-order valence-electron chi connectivity index (χ4n) is 6.53. The van der Waals surface area contributed by atoms with Crippen LogP contribution in [0.15, 0.2) is 36.7 Å². The van der Waals surface area contributed by atoms with Crippen LogP contribution in [-0.2, 0) is 71.9 Å². The predicted octanol–water partition coefficient (Wildman–Crippen LogP) is -0.0359. The second-order valence-corrected chi connectivity index (χ2v) is 16.6. The van der Waals surface area contributed by atoms with Gasteiger partial charge in [0.1, 0.15) is 12.3 Å². The van der Waals surface area contributed by atoms with Gasteiger partial charge in [-0.25, -0.2) is 10.6 Å². The molecule has 1 aromatic heterocycles. The first-order chi connectivity index (χ1) is 34.3. The Morgan fingerprint density at radius 1 is 0.831 bits per heavy atom. The van der Waals surface area contributed by atoms with Gasteiger partial charge in [0.15, 0.2) is 0 Å². The number of nitrogens with zero attached hydrogens (tertiary/aromatic N) is 4. The number of ether oxygens (including phenoxy) is 7. The lowest BCUT2D eigenvalue weighted by atomic mass is 9.99. The summed E-state index contributed by atoms with van der Waals surface area (Å²) < 4.78 is 39.5. The molecule has 0 aliphatic rings. The van der Waals surface area contributed by atoms with Gasteiger partial charge in [-0.05, 0) is 49.7 Å². The quantitative estimate of drug-likeness (QED) is 0.0182. The molecule has 404 valence electrons. The molecule has 2 aromatic rings. The van der Waals surface area contributed by atoms with E-state index in [1.54, 1.807) is 42.3 Å². The van der Waals surface area contributed by atoms with Crippen molar-refractivity contribution in [3.05, 3.63) is 53.5 Å². The van der Waals surface area contributed by atoms with Crippen molar-refractivity contribution in [1.29, 1.82) is 0 Å². The molecular formula is C47H81N9O15. The number of nitrogens with one attached hydrogen (secondary N) is 3. The van der Waals surface area contributed by atoms with E-state index in [1.807, 2.05) is 13.1 Å². The first kappa shape index (κ1) is 62.3. The number of aliphatic hydroxyl groups is 3. The van der Waals surface area contributed by atoms with E-state index < -0.39 is 36.4 Å². The van der Waals surface area contributed by atoms with E-state index in [9.17, 15) is 39.6 Å². The minimum atomic E-state index is -2.51. The molecule has 0 fully saturated rings. The van der Waals surface area contributed by atoms with Crippen LogP contribution in [0.25, 0.3) is 5.70 Å². The fourth-order valence-corrected chi connectivity index (χ4v) is 6.53. The van der Waals surface area contributed by atoms with Crippen molar-refractivity contribution >= 4 is 29.4 Å². The number of carbonyl (C=O) groups is 4. The minimum absolute atomic E-state index is 0.0131.